The SMILES string of the molecule is CCCS(=O)(=O)Nc1ccc(Cl)c(C(N)=O)c1Cl.CCCS(=O)(=O)Nc1ccc(Cl)c(NC(=O)c2csc3c(Cl)ncnc23)c1Cl. The molecule has 4 rings (SSSR count). The number of halogens is 5. The second kappa shape index (κ2) is 16.0. The van der Waals surface area contributed by atoms with E-state index < -0.39 is 31.9 Å². The van der Waals surface area contributed by atoms with Crippen molar-refractivity contribution in [3.63, 3.8) is 0 Å². The molecule has 0 aliphatic rings. The Morgan fingerprint density at radius 2 is 1.37 bits per heavy atom. The third-order valence-electron chi connectivity index (χ3n) is 5.70. The van der Waals surface area contributed by atoms with Crippen molar-refractivity contribution < 1.29 is 26.4 Å². The van der Waals surface area contributed by atoms with Crippen molar-refractivity contribution in [1.29, 1.82) is 0 Å². The maximum absolute atomic E-state index is 12.7. The second-order valence-corrected chi connectivity index (χ2v) is 15.7. The van der Waals surface area contributed by atoms with Crippen LogP contribution < -0.4 is 20.5 Å². The molecular weight excluding hydrogens is 766 g/mol. The fourth-order valence-corrected chi connectivity index (χ4v) is 8.41. The zero-order chi connectivity index (χ0) is 34.4. The topological polar surface area (TPSA) is 190 Å². The van der Waals surface area contributed by atoms with Crippen LogP contribution in [0.2, 0.25) is 25.2 Å². The van der Waals surface area contributed by atoms with Crippen LogP contribution in [0.5, 0.6) is 0 Å². The maximum atomic E-state index is 12.7. The summed E-state index contributed by atoms with van der Waals surface area (Å²) in [6, 6.07) is 5.61. The fraction of sp³-hybridized carbons (Fsp3) is 0.231. The molecule has 0 bridgehead atoms. The first-order valence-corrected chi connectivity index (χ1v) is 19.0. The van der Waals surface area contributed by atoms with Gasteiger partial charge < -0.3 is 11.1 Å². The largest absolute Gasteiger partial charge is 0.366 e. The van der Waals surface area contributed by atoms with Gasteiger partial charge in [-0.1, -0.05) is 71.9 Å². The van der Waals surface area contributed by atoms with E-state index in [2.05, 4.69) is 24.7 Å². The molecule has 2 aromatic carbocycles. The summed E-state index contributed by atoms with van der Waals surface area (Å²) in [6.07, 6.45) is 2.17. The van der Waals surface area contributed by atoms with Crippen molar-refractivity contribution in [2.45, 2.75) is 26.7 Å². The van der Waals surface area contributed by atoms with Crippen LogP contribution in [0.15, 0.2) is 36.0 Å². The van der Waals surface area contributed by atoms with Crippen LogP contribution in [0.1, 0.15) is 47.4 Å². The summed E-state index contributed by atoms with van der Waals surface area (Å²) in [7, 11) is -7.05. The van der Waals surface area contributed by atoms with E-state index in [1.165, 1.54) is 41.9 Å². The van der Waals surface area contributed by atoms with E-state index in [9.17, 15) is 26.4 Å². The van der Waals surface area contributed by atoms with Gasteiger partial charge in [-0.05, 0) is 37.1 Å². The highest BCUT2D eigenvalue weighted by molar-refractivity contribution is 7.93. The Bertz CT molecular complexity index is 2010. The molecule has 0 radical (unpaired) electrons. The van der Waals surface area contributed by atoms with Crippen LogP contribution in [0.25, 0.3) is 10.2 Å². The van der Waals surface area contributed by atoms with Gasteiger partial charge in [0, 0.05) is 5.38 Å². The van der Waals surface area contributed by atoms with E-state index in [1.54, 1.807) is 19.2 Å². The number of benzene rings is 2. The average Bonchev–Trinajstić information content (AvgIpc) is 3.40. The molecule has 0 saturated heterocycles. The number of primary amides is 1. The highest BCUT2D eigenvalue weighted by Gasteiger charge is 2.21. The number of aromatic nitrogens is 2. The summed E-state index contributed by atoms with van der Waals surface area (Å²) in [5.41, 5.74) is 5.98. The Balaban J connectivity index is 0.000000277. The molecule has 0 aliphatic carbocycles. The first-order chi connectivity index (χ1) is 21.5. The van der Waals surface area contributed by atoms with Crippen molar-refractivity contribution in [1.82, 2.24) is 9.97 Å². The minimum atomic E-state index is -3.56. The predicted octanol–water partition coefficient (Wildman–Crippen LogP) is 7.30. The van der Waals surface area contributed by atoms with Crippen molar-refractivity contribution in [3.05, 3.63) is 72.3 Å². The van der Waals surface area contributed by atoms with Crippen molar-refractivity contribution in [2.24, 2.45) is 5.73 Å². The summed E-state index contributed by atoms with van der Waals surface area (Å²) in [4.78, 5) is 31.9. The van der Waals surface area contributed by atoms with Crippen molar-refractivity contribution in [3.8, 4) is 0 Å². The average molecular weight is 791 g/mol. The number of hydrogen-bond donors (Lipinski definition) is 4. The Morgan fingerprint density at radius 3 is 1.91 bits per heavy atom. The van der Waals surface area contributed by atoms with Gasteiger partial charge in [-0.3, -0.25) is 19.0 Å². The first-order valence-electron chi connectivity index (χ1n) is 13.0. The molecule has 12 nitrogen and oxygen atoms in total. The standard InChI is InChI=1S/C16H13Cl3N4O3S2.C10H12Cl2N2O3S/c1-2-5-28(25,26)23-10-4-3-9(17)13(11(10)18)22-16(24)8-6-27-14-12(8)20-7-21-15(14)19;1-2-5-18(16,17)14-7-4-3-6(11)8(9(7)12)10(13)15/h3-4,6-7,23H,2,5H2,1H3,(H,22,24);3-4,14H,2,5H2,1H3,(H2,13,15). The molecule has 248 valence electrons. The Hall–Kier alpha value is -2.63. The molecule has 46 heavy (non-hydrogen) atoms. The molecule has 0 fully saturated rings. The van der Waals surface area contributed by atoms with Crippen LogP contribution in [-0.4, -0.2) is 50.1 Å². The minimum absolute atomic E-state index is 0.0206. The smallest absolute Gasteiger partial charge is 0.258 e. The zero-order valence-corrected chi connectivity index (χ0v) is 30.1. The van der Waals surface area contributed by atoms with Crippen LogP contribution in [0.3, 0.4) is 0 Å². The predicted molar refractivity (Wildman–Crippen MR) is 187 cm³/mol. The highest BCUT2D eigenvalue weighted by atomic mass is 35.5. The molecule has 0 saturated carbocycles. The summed E-state index contributed by atoms with van der Waals surface area (Å²) in [5, 5.41) is 4.57. The van der Waals surface area contributed by atoms with E-state index in [4.69, 9.17) is 63.7 Å². The number of nitrogens with two attached hydrogens (primary N) is 1. The summed E-state index contributed by atoms with van der Waals surface area (Å²) < 4.78 is 52.5. The molecule has 4 aromatic rings. The Kier molecular flexibility index (Phi) is 13.1. The van der Waals surface area contributed by atoms with Gasteiger partial charge in [-0.15, -0.1) is 11.3 Å². The molecular formula is C26H25Cl5N6O6S3. The number of nitrogens with one attached hydrogen (secondary N) is 3. The molecule has 0 spiro atoms. The zero-order valence-electron chi connectivity index (χ0n) is 23.8. The normalized spacial score (nSPS) is 11.5. The lowest BCUT2D eigenvalue weighted by molar-refractivity contribution is 0.0998. The highest BCUT2D eigenvalue weighted by Crippen LogP contribution is 2.38. The van der Waals surface area contributed by atoms with E-state index in [0.29, 0.717) is 23.1 Å². The monoisotopic (exact) mass is 788 g/mol. The second-order valence-electron chi connectivity index (χ2n) is 9.22. The van der Waals surface area contributed by atoms with Gasteiger partial charge in [-0.2, -0.15) is 0 Å². The minimum Gasteiger partial charge on any atom is -0.366 e. The molecule has 20 heteroatoms. The van der Waals surface area contributed by atoms with Crippen LogP contribution >= 0.6 is 69.3 Å². The number of thiophene rings is 1. The lowest BCUT2D eigenvalue weighted by Gasteiger charge is -2.14. The Labute approximate surface area is 294 Å². The number of amides is 2. The van der Waals surface area contributed by atoms with E-state index in [0.717, 1.165) is 0 Å². The first kappa shape index (κ1) is 37.8. The third kappa shape index (κ3) is 9.47. The lowest BCUT2D eigenvalue weighted by atomic mass is 10.2. The van der Waals surface area contributed by atoms with Gasteiger partial charge in [0.1, 0.15) is 11.5 Å². The number of rotatable bonds is 11. The molecule has 0 unspecified atom stereocenters. The molecule has 2 heterocycles. The van der Waals surface area contributed by atoms with Gasteiger partial charge in [-0.25, -0.2) is 26.8 Å². The van der Waals surface area contributed by atoms with Crippen molar-refractivity contribution in [2.75, 3.05) is 26.3 Å². The molecule has 2 aromatic heterocycles. The van der Waals surface area contributed by atoms with Crippen LogP contribution in [0, 0.1) is 0 Å². The molecule has 0 atom stereocenters. The van der Waals surface area contributed by atoms with Gasteiger partial charge in [0.15, 0.2) is 0 Å². The summed E-state index contributed by atoms with van der Waals surface area (Å²) in [5.74, 6) is -1.44. The Morgan fingerprint density at radius 1 is 0.826 bits per heavy atom. The van der Waals surface area contributed by atoms with Gasteiger partial charge in [0.25, 0.3) is 11.8 Å². The maximum Gasteiger partial charge on any atom is 0.258 e. The molecule has 2 amide bonds. The fourth-order valence-electron chi connectivity index (χ4n) is 3.74. The van der Waals surface area contributed by atoms with Crippen LogP contribution in [0.4, 0.5) is 17.1 Å². The number of hydrogen-bond acceptors (Lipinski definition) is 9. The number of carbonyl (C=O) groups is 2. The van der Waals surface area contributed by atoms with Gasteiger partial charge in [0.05, 0.1) is 70.0 Å². The summed E-state index contributed by atoms with van der Waals surface area (Å²) >= 11 is 31.4. The van der Waals surface area contributed by atoms with Crippen LogP contribution in [-0.2, 0) is 20.0 Å². The number of sulfonamides is 2. The molecule has 0 aliphatic heterocycles. The van der Waals surface area contributed by atoms with Crippen molar-refractivity contribution >= 4 is 128 Å². The van der Waals surface area contributed by atoms with E-state index in [-0.39, 0.29) is 64.9 Å². The third-order valence-corrected chi connectivity index (χ3v) is 11.4. The number of carbonyl (C=O) groups excluding carboxylic acids is 2. The number of anilines is 3. The molecule has 5 N–H and O–H groups in total. The lowest BCUT2D eigenvalue weighted by Crippen LogP contribution is -2.18. The van der Waals surface area contributed by atoms with E-state index in [1.807, 2.05) is 0 Å². The number of nitrogens with zero attached hydrogens (tertiary/aromatic N) is 2. The van der Waals surface area contributed by atoms with Gasteiger partial charge in [0.2, 0.25) is 20.0 Å². The quantitative estimate of drug-likeness (QED) is 0.114. The summed E-state index contributed by atoms with van der Waals surface area (Å²) in [6.45, 7) is 3.48. The van der Waals surface area contributed by atoms with E-state index >= 15 is 0 Å². The number of fused-ring (bicyclic) bond motifs is 1. The van der Waals surface area contributed by atoms with Gasteiger partial charge >= 0.3 is 0 Å².